The lowest BCUT2D eigenvalue weighted by molar-refractivity contribution is 0.0325. The standard InChI is InChI=1S/C13H15N3O2/c1-17-11-6-14-7-12(11)18-13-8-15-9-4-2-3-5-10(9)16-13/h2-5,8,11-12,14H,6-7H2,1H3. The van der Waals surface area contributed by atoms with E-state index in [1.54, 1.807) is 13.3 Å². The minimum atomic E-state index is -0.00883. The third kappa shape index (κ3) is 2.14. The molecule has 0 spiro atoms. The molecule has 94 valence electrons. The molecule has 5 nitrogen and oxygen atoms in total. The zero-order valence-electron chi connectivity index (χ0n) is 10.2. The maximum Gasteiger partial charge on any atom is 0.233 e. The SMILES string of the molecule is COC1CNCC1Oc1cnc2ccccc2n1. The predicted octanol–water partition coefficient (Wildman–Crippen LogP) is 0.995. The second-order valence-corrected chi connectivity index (χ2v) is 4.29. The fourth-order valence-corrected chi connectivity index (χ4v) is 2.14. The molecule has 1 aliphatic rings. The Balaban J connectivity index is 1.82. The van der Waals surface area contributed by atoms with E-state index in [1.165, 1.54) is 0 Å². The second-order valence-electron chi connectivity index (χ2n) is 4.29. The maximum atomic E-state index is 5.83. The highest BCUT2D eigenvalue weighted by atomic mass is 16.5. The molecule has 18 heavy (non-hydrogen) atoms. The van der Waals surface area contributed by atoms with E-state index in [0.717, 1.165) is 24.1 Å². The van der Waals surface area contributed by atoms with Gasteiger partial charge in [-0.1, -0.05) is 12.1 Å². The highest BCUT2D eigenvalue weighted by molar-refractivity contribution is 5.73. The molecule has 1 aromatic heterocycles. The summed E-state index contributed by atoms with van der Waals surface area (Å²) in [5.41, 5.74) is 1.72. The average molecular weight is 245 g/mol. The summed E-state index contributed by atoms with van der Waals surface area (Å²) in [5, 5.41) is 3.23. The van der Waals surface area contributed by atoms with Crippen LogP contribution in [-0.2, 0) is 4.74 Å². The molecule has 1 saturated heterocycles. The molecule has 0 aliphatic carbocycles. The van der Waals surface area contributed by atoms with E-state index in [0.29, 0.717) is 5.88 Å². The van der Waals surface area contributed by atoms with Crippen LogP contribution in [0.5, 0.6) is 5.88 Å². The van der Waals surface area contributed by atoms with Crippen LogP contribution in [0.3, 0.4) is 0 Å². The van der Waals surface area contributed by atoms with Crippen LogP contribution in [0.25, 0.3) is 11.0 Å². The van der Waals surface area contributed by atoms with E-state index >= 15 is 0 Å². The van der Waals surface area contributed by atoms with Crippen molar-refractivity contribution in [1.82, 2.24) is 15.3 Å². The zero-order valence-corrected chi connectivity index (χ0v) is 10.2. The van der Waals surface area contributed by atoms with Crippen molar-refractivity contribution in [1.29, 1.82) is 0 Å². The van der Waals surface area contributed by atoms with Crippen LogP contribution < -0.4 is 10.1 Å². The van der Waals surface area contributed by atoms with Crippen molar-refractivity contribution in [3.8, 4) is 5.88 Å². The number of benzene rings is 1. The van der Waals surface area contributed by atoms with Gasteiger partial charge in [0, 0.05) is 20.2 Å². The number of rotatable bonds is 3. The Morgan fingerprint density at radius 3 is 2.78 bits per heavy atom. The van der Waals surface area contributed by atoms with Gasteiger partial charge in [0.15, 0.2) is 0 Å². The first-order chi connectivity index (χ1) is 8.86. The first-order valence-electron chi connectivity index (χ1n) is 5.99. The normalized spacial score (nSPS) is 23.4. The molecule has 0 radical (unpaired) electrons. The molecule has 2 heterocycles. The van der Waals surface area contributed by atoms with Gasteiger partial charge in [-0.15, -0.1) is 0 Å². The molecule has 1 aromatic carbocycles. The van der Waals surface area contributed by atoms with Crippen LogP contribution in [0.1, 0.15) is 0 Å². The quantitative estimate of drug-likeness (QED) is 0.874. The highest BCUT2D eigenvalue weighted by Gasteiger charge is 2.29. The summed E-state index contributed by atoms with van der Waals surface area (Å²) < 4.78 is 11.2. The molecule has 0 amide bonds. The largest absolute Gasteiger partial charge is 0.469 e. The van der Waals surface area contributed by atoms with Crippen LogP contribution in [-0.4, -0.2) is 42.4 Å². The Labute approximate surface area is 105 Å². The predicted molar refractivity (Wildman–Crippen MR) is 67.6 cm³/mol. The van der Waals surface area contributed by atoms with Crippen molar-refractivity contribution in [2.24, 2.45) is 0 Å². The van der Waals surface area contributed by atoms with Gasteiger partial charge in [0.2, 0.25) is 5.88 Å². The van der Waals surface area contributed by atoms with Gasteiger partial charge in [-0.2, -0.15) is 0 Å². The van der Waals surface area contributed by atoms with Gasteiger partial charge in [0.05, 0.1) is 17.2 Å². The Kier molecular flexibility index (Phi) is 3.08. The van der Waals surface area contributed by atoms with E-state index in [2.05, 4.69) is 15.3 Å². The van der Waals surface area contributed by atoms with E-state index in [-0.39, 0.29) is 12.2 Å². The topological polar surface area (TPSA) is 56.3 Å². The smallest absolute Gasteiger partial charge is 0.233 e. The van der Waals surface area contributed by atoms with Crippen LogP contribution in [0.2, 0.25) is 0 Å². The van der Waals surface area contributed by atoms with Crippen molar-refractivity contribution in [3.63, 3.8) is 0 Å². The number of hydrogen-bond acceptors (Lipinski definition) is 5. The highest BCUT2D eigenvalue weighted by Crippen LogP contribution is 2.16. The second kappa shape index (κ2) is 4.88. The van der Waals surface area contributed by atoms with Gasteiger partial charge in [-0.25, -0.2) is 9.97 Å². The molecular weight excluding hydrogens is 230 g/mol. The van der Waals surface area contributed by atoms with E-state index in [1.807, 2.05) is 24.3 Å². The summed E-state index contributed by atoms with van der Waals surface area (Å²) in [6.45, 7) is 1.58. The Bertz CT molecular complexity index is 547. The van der Waals surface area contributed by atoms with Gasteiger partial charge in [-0.3, -0.25) is 0 Å². The monoisotopic (exact) mass is 245 g/mol. The fourth-order valence-electron chi connectivity index (χ4n) is 2.14. The Morgan fingerprint density at radius 2 is 1.94 bits per heavy atom. The van der Waals surface area contributed by atoms with E-state index in [4.69, 9.17) is 9.47 Å². The number of nitrogens with one attached hydrogen (secondary N) is 1. The molecule has 2 unspecified atom stereocenters. The first kappa shape index (κ1) is 11.4. The van der Waals surface area contributed by atoms with Gasteiger partial charge >= 0.3 is 0 Å². The van der Waals surface area contributed by atoms with Crippen molar-refractivity contribution >= 4 is 11.0 Å². The number of nitrogens with zero attached hydrogens (tertiary/aromatic N) is 2. The molecule has 2 atom stereocenters. The van der Waals surface area contributed by atoms with E-state index < -0.39 is 0 Å². The van der Waals surface area contributed by atoms with Crippen LogP contribution in [0.15, 0.2) is 30.5 Å². The van der Waals surface area contributed by atoms with Crippen LogP contribution >= 0.6 is 0 Å². The molecule has 1 fully saturated rings. The molecule has 5 heteroatoms. The van der Waals surface area contributed by atoms with Crippen LogP contribution in [0, 0.1) is 0 Å². The minimum Gasteiger partial charge on any atom is -0.469 e. The summed E-state index contributed by atoms with van der Waals surface area (Å²) in [6, 6.07) is 7.74. The number of methoxy groups -OCH3 is 1. The molecule has 2 aromatic rings. The summed E-state index contributed by atoms with van der Waals surface area (Å²) in [7, 11) is 1.69. The number of hydrogen-bond donors (Lipinski definition) is 1. The number of para-hydroxylation sites is 2. The molecule has 1 aliphatic heterocycles. The van der Waals surface area contributed by atoms with Gasteiger partial charge < -0.3 is 14.8 Å². The van der Waals surface area contributed by atoms with Gasteiger partial charge in [0.1, 0.15) is 12.2 Å². The maximum absolute atomic E-state index is 5.83. The van der Waals surface area contributed by atoms with Crippen molar-refractivity contribution < 1.29 is 9.47 Å². The number of ether oxygens (including phenoxy) is 2. The van der Waals surface area contributed by atoms with Crippen LogP contribution in [0.4, 0.5) is 0 Å². The summed E-state index contributed by atoms with van der Waals surface area (Å²) >= 11 is 0. The third-order valence-electron chi connectivity index (χ3n) is 3.11. The zero-order chi connectivity index (χ0) is 12.4. The number of fused-ring (bicyclic) bond motifs is 1. The lowest BCUT2D eigenvalue weighted by Crippen LogP contribution is -2.31. The Hall–Kier alpha value is -1.72. The third-order valence-corrected chi connectivity index (χ3v) is 3.11. The molecule has 1 N–H and O–H groups in total. The fraction of sp³-hybridized carbons (Fsp3) is 0.385. The molecule has 0 bridgehead atoms. The lowest BCUT2D eigenvalue weighted by Gasteiger charge is -2.18. The number of aromatic nitrogens is 2. The molecule has 0 saturated carbocycles. The summed E-state index contributed by atoms with van der Waals surface area (Å²) in [5.74, 6) is 0.546. The summed E-state index contributed by atoms with van der Waals surface area (Å²) in [4.78, 5) is 8.76. The Morgan fingerprint density at radius 1 is 1.17 bits per heavy atom. The first-order valence-corrected chi connectivity index (χ1v) is 5.99. The molecule has 3 rings (SSSR count). The average Bonchev–Trinajstić information content (AvgIpc) is 2.86. The van der Waals surface area contributed by atoms with Gasteiger partial charge in [0.25, 0.3) is 0 Å². The van der Waals surface area contributed by atoms with Gasteiger partial charge in [-0.05, 0) is 12.1 Å². The minimum absolute atomic E-state index is 0.00883. The van der Waals surface area contributed by atoms with Crippen molar-refractivity contribution in [3.05, 3.63) is 30.5 Å². The molecular formula is C13H15N3O2. The van der Waals surface area contributed by atoms with E-state index in [9.17, 15) is 0 Å². The van der Waals surface area contributed by atoms with Crippen molar-refractivity contribution in [2.75, 3.05) is 20.2 Å². The summed E-state index contributed by atoms with van der Waals surface area (Å²) in [6.07, 6.45) is 1.72. The van der Waals surface area contributed by atoms with Crippen molar-refractivity contribution in [2.45, 2.75) is 12.2 Å². The lowest BCUT2D eigenvalue weighted by atomic mass is 10.2.